The maximum absolute atomic E-state index is 13.9. The van der Waals surface area contributed by atoms with Gasteiger partial charge in [0.05, 0.1) is 23.9 Å². The Morgan fingerprint density at radius 3 is 2.43 bits per heavy atom. The van der Waals surface area contributed by atoms with Crippen molar-refractivity contribution in [3.8, 4) is 0 Å². The molecular formula is C25H29F2N3O4S. The number of amides is 1. The Labute approximate surface area is 207 Å². The molecule has 2 aromatic carbocycles. The number of hydrogen-bond acceptors (Lipinski definition) is 6. The molecule has 0 aromatic heterocycles. The standard InChI is InChI=1S/C25H29F2N3O4S/c1-5-6-13-34-23(29-17-8-10-18(11-9-17)35-25(3,4)24(32)33)15(2)21(28)22(31)30-20-12-7-16(26)14-19(20)27/h7-12,14-15,28H,5-6,13H2,1-4H3,(H,30,31)(H,32,33). The van der Waals surface area contributed by atoms with Gasteiger partial charge in [-0.25, -0.2) is 13.8 Å². The molecule has 0 saturated heterocycles. The molecule has 1 unspecified atom stereocenters. The van der Waals surface area contributed by atoms with E-state index in [4.69, 9.17) is 10.1 Å². The third-order valence-corrected chi connectivity index (χ3v) is 6.13. The van der Waals surface area contributed by atoms with Gasteiger partial charge in [-0.2, -0.15) is 0 Å². The number of nitrogens with zero attached hydrogens (tertiary/aromatic N) is 1. The maximum atomic E-state index is 13.9. The van der Waals surface area contributed by atoms with Crippen LogP contribution in [-0.2, 0) is 14.3 Å². The summed E-state index contributed by atoms with van der Waals surface area (Å²) >= 11 is 1.20. The van der Waals surface area contributed by atoms with Crippen LogP contribution in [-0.4, -0.2) is 39.9 Å². The molecular weight excluding hydrogens is 476 g/mol. The predicted molar refractivity (Wildman–Crippen MR) is 134 cm³/mol. The molecule has 7 nitrogen and oxygen atoms in total. The second-order valence-corrected chi connectivity index (χ2v) is 9.97. The third kappa shape index (κ3) is 8.17. The lowest BCUT2D eigenvalue weighted by Crippen LogP contribution is -2.33. The van der Waals surface area contributed by atoms with Crippen LogP contribution in [0.1, 0.15) is 40.5 Å². The molecule has 188 valence electrons. The summed E-state index contributed by atoms with van der Waals surface area (Å²) in [4.78, 5) is 29.1. The van der Waals surface area contributed by atoms with Gasteiger partial charge in [-0.05, 0) is 63.6 Å². The van der Waals surface area contributed by atoms with Crippen LogP contribution in [0.2, 0.25) is 0 Å². The van der Waals surface area contributed by atoms with E-state index in [9.17, 15) is 23.5 Å². The average Bonchev–Trinajstić information content (AvgIpc) is 2.80. The van der Waals surface area contributed by atoms with E-state index in [0.717, 1.165) is 29.9 Å². The van der Waals surface area contributed by atoms with E-state index in [1.807, 2.05) is 6.92 Å². The molecule has 0 bridgehead atoms. The zero-order valence-electron chi connectivity index (χ0n) is 20.0. The third-order valence-electron chi connectivity index (χ3n) is 4.94. The number of aliphatic imine (C=N–C) groups is 1. The fourth-order valence-corrected chi connectivity index (χ4v) is 3.68. The number of rotatable bonds is 11. The zero-order valence-corrected chi connectivity index (χ0v) is 20.8. The van der Waals surface area contributed by atoms with Crippen molar-refractivity contribution in [1.82, 2.24) is 0 Å². The average molecular weight is 506 g/mol. The van der Waals surface area contributed by atoms with Crippen LogP contribution in [0.4, 0.5) is 20.2 Å². The number of hydrogen-bond donors (Lipinski definition) is 3. The maximum Gasteiger partial charge on any atom is 0.319 e. The van der Waals surface area contributed by atoms with Crippen LogP contribution in [0.15, 0.2) is 52.4 Å². The number of nitrogens with one attached hydrogen (secondary N) is 2. The number of halogens is 2. The Kier molecular flexibility index (Phi) is 9.94. The lowest BCUT2D eigenvalue weighted by Gasteiger charge is -2.18. The van der Waals surface area contributed by atoms with Gasteiger partial charge in [0, 0.05) is 11.0 Å². The van der Waals surface area contributed by atoms with Gasteiger partial charge >= 0.3 is 5.97 Å². The van der Waals surface area contributed by atoms with Crippen LogP contribution >= 0.6 is 11.8 Å². The summed E-state index contributed by atoms with van der Waals surface area (Å²) in [5, 5.41) is 19.9. The first-order chi connectivity index (χ1) is 16.4. The van der Waals surface area contributed by atoms with Crippen molar-refractivity contribution < 1.29 is 28.2 Å². The lowest BCUT2D eigenvalue weighted by atomic mass is 10.0. The summed E-state index contributed by atoms with van der Waals surface area (Å²) in [5.41, 5.74) is -0.144. The molecule has 2 rings (SSSR count). The van der Waals surface area contributed by atoms with E-state index in [0.29, 0.717) is 18.4 Å². The smallest absolute Gasteiger partial charge is 0.319 e. The molecule has 0 saturated carbocycles. The quantitative estimate of drug-likeness (QED) is 0.149. The second kappa shape index (κ2) is 12.4. The number of carbonyl (C=O) groups is 2. The van der Waals surface area contributed by atoms with E-state index in [2.05, 4.69) is 10.3 Å². The first kappa shape index (κ1) is 28.0. The Morgan fingerprint density at radius 2 is 1.86 bits per heavy atom. The van der Waals surface area contributed by atoms with Gasteiger partial charge in [0.1, 0.15) is 22.1 Å². The molecule has 0 radical (unpaired) electrons. The zero-order chi connectivity index (χ0) is 26.2. The van der Waals surface area contributed by atoms with Gasteiger partial charge in [0.25, 0.3) is 5.91 Å². The first-order valence-corrected chi connectivity index (χ1v) is 11.8. The van der Waals surface area contributed by atoms with E-state index in [1.165, 1.54) is 11.8 Å². The second-order valence-electron chi connectivity index (χ2n) is 8.28. The van der Waals surface area contributed by atoms with E-state index in [-0.39, 0.29) is 11.6 Å². The molecule has 1 amide bonds. The van der Waals surface area contributed by atoms with Crippen molar-refractivity contribution in [3.63, 3.8) is 0 Å². The molecule has 10 heteroatoms. The van der Waals surface area contributed by atoms with Crippen molar-refractivity contribution in [1.29, 1.82) is 5.41 Å². The molecule has 0 fully saturated rings. The molecule has 0 aliphatic heterocycles. The number of thioether (sulfide) groups is 1. The monoisotopic (exact) mass is 505 g/mol. The molecule has 0 aliphatic rings. The van der Waals surface area contributed by atoms with Gasteiger partial charge in [-0.3, -0.25) is 15.0 Å². The van der Waals surface area contributed by atoms with E-state index < -0.39 is 39.9 Å². The Morgan fingerprint density at radius 1 is 1.20 bits per heavy atom. The highest BCUT2D eigenvalue weighted by Crippen LogP contribution is 2.33. The minimum Gasteiger partial charge on any atom is -0.480 e. The first-order valence-electron chi connectivity index (χ1n) is 11.0. The number of carbonyl (C=O) groups excluding carboxylic acids is 1. The normalized spacial score (nSPS) is 12.7. The van der Waals surface area contributed by atoms with Gasteiger partial charge < -0.3 is 15.2 Å². The van der Waals surface area contributed by atoms with Crippen LogP contribution in [0, 0.1) is 23.0 Å². The van der Waals surface area contributed by atoms with Crippen LogP contribution in [0.3, 0.4) is 0 Å². The minimum absolute atomic E-state index is 0.143. The van der Waals surface area contributed by atoms with Crippen molar-refractivity contribution in [2.45, 2.75) is 50.2 Å². The molecule has 1 atom stereocenters. The van der Waals surface area contributed by atoms with E-state index in [1.54, 1.807) is 45.0 Å². The van der Waals surface area contributed by atoms with Gasteiger partial charge in [-0.15, -0.1) is 11.8 Å². The molecule has 0 aliphatic carbocycles. The summed E-state index contributed by atoms with van der Waals surface area (Å²) < 4.78 is 31.8. The summed E-state index contributed by atoms with van der Waals surface area (Å²) in [7, 11) is 0. The number of aliphatic carboxylic acids is 1. The van der Waals surface area contributed by atoms with Crippen molar-refractivity contribution >= 4 is 46.6 Å². The van der Waals surface area contributed by atoms with Crippen molar-refractivity contribution in [2.24, 2.45) is 10.9 Å². The highest BCUT2D eigenvalue weighted by atomic mass is 32.2. The molecule has 0 heterocycles. The minimum atomic E-state index is -1.000. The van der Waals surface area contributed by atoms with Crippen LogP contribution < -0.4 is 5.32 Å². The SMILES string of the molecule is CCCCOC(=Nc1ccc(SC(C)(C)C(=O)O)cc1)C(C)C(=N)C(=O)Nc1ccc(F)cc1F. The molecule has 3 N–H and O–H groups in total. The number of carboxylic acid groups (broad SMARTS) is 1. The highest BCUT2D eigenvalue weighted by molar-refractivity contribution is 8.01. The van der Waals surface area contributed by atoms with Crippen molar-refractivity contribution in [2.75, 3.05) is 11.9 Å². The summed E-state index contributed by atoms with van der Waals surface area (Å²) in [5.74, 6) is -4.23. The number of carboxylic acids is 1. The Hall–Kier alpha value is -3.27. The highest BCUT2D eigenvalue weighted by Gasteiger charge is 2.28. The summed E-state index contributed by atoms with van der Waals surface area (Å²) in [6.45, 7) is 7.13. The number of ether oxygens (including phenoxy) is 1. The molecule has 35 heavy (non-hydrogen) atoms. The Balaban J connectivity index is 2.21. The lowest BCUT2D eigenvalue weighted by molar-refractivity contribution is -0.138. The van der Waals surface area contributed by atoms with E-state index >= 15 is 0 Å². The van der Waals surface area contributed by atoms with Crippen LogP contribution in [0.25, 0.3) is 0 Å². The van der Waals surface area contributed by atoms with Gasteiger partial charge in [0.15, 0.2) is 5.90 Å². The fraction of sp³-hybridized carbons (Fsp3) is 0.360. The molecule has 0 spiro atoms. The topological polar surface area (TPSA) is 112 Å². The number of anilines is 1. The molecule has 2 aromatic rings. The van der Waals surface area contributed by atoms with Crippen molar-refractivity contribution in [3.05, 3.63) is 54.1 Å². The summed E-state index contributed by atoms with van der Waals surface area (Å²) in [6, 6.07) is 9.57. The fourth-order valence-electron chi connectivity index (χ4n) is 2.73. The van der Waals surface area contributed by atoms with Gasteiger partial charge in [0.2, 0.25) is 0 Å². The summed E-state index contributed by atoms with van der Waals surface area (Å²) in [6.07, 6.45) is 1.61. The largest absolute Gasteiger partial charge is 0.480 e. The van der Waals surface area contributed by atoms with Crippen LogP contribution in [0.5, 0.6) is 0 Å². The number of unbranched alkanes of at least 4 members (excludes halogenated alkanes) is 1. The number of benzene rings is 2. The predicted octanol–water partition coefficient (Wildman–Crippen LogP) is 6.06. The Bertz CT molecular complexity index is 1100. The van der Waals surface area contributed by atoms with Gasteiger partial charge in [-0.1, -0.05) is 13.3 Å².